The maximum Gasteiger partial charge on any atom is 0.0387 e. The summed E-state index contributed by atoms with van der Waals surface area (Å²) in [6.45, 7) is 0. The van der Waals surface area contributed by atoms with E-state index < -0.39 is 0 Å². The number of hydrogen-bond acceptors (Lipinski definition) is 2. The number of azide groups is 1. The molecule has 4 nitrogen and oxygen atoms in total. The van der Waals surface area contributed by atoms with Crippen LogP contribution in [-0.2, 0) is 0 Å². The molecule has 0 amide bonds. The van der Waals surface area contributed by atoms with Gasteiger partial charge in [-0.05, 0) is 35.7 Å². The van der Waals surface area contributed by atoms with Crippen molar-refractivity contribution in [3.63, 3.8) is 0 Å². The van der Waals surface area contributed by atoms with Crippen molar-refractivity contribution in [2.24, 2.45) is 10.1 Å². The summed E-state index contributed by atoms with van der Waals surface area (Å²) < 4.78 is 0. The lowest BCUT2D eigenvalue weighted by Crippen LogP contribution is -1.75. The third kappa shape index (κ3) is 3.26. The molecule has 1 aromatic rings. The van der Waals surface area contributed by atoms with E-state index in [0.717, 1.165) is 11.1 Å². The molecule has 1 heterocycles. The second kappa shape index (κ2) is 5.93. The van der Waals surface area contributed by atoms with Gasteiger partial charge in [-0.25, -0.2) is 4.99 Å². The second-order valence-corrected chi connectivity index (χ2v) is 3.36. The van der Waals surface area contributed by atoms with Crippen LogP contribution in [0.5, 0.6) is 0 Å². The van der Waals surface area contributed by atoms with E-state index in [1.165, 1.54) is 0 Å². The predicted octanol–water partition coefficient (Wildman–Crippen LogP) is 3.66. The molecular formula is C14H8N4. The van der Waals surface area contributed by atoms with E-state index in [4.69, 9.17) is 5.53 Å². The van der Waals surface area contributed by atoms with Crippen LogP contribution in [0.25, 0.3) is 10.4 Å². The number of aliphatic imine (C=N–C) groups is 1. The van der Waals surface area contributed by atoms with E-state index >= 15 is 0 Å². The first-order valence-corrected chi connectivity index (χ1v) is 5.21. The highest BCUT2D eigenvalue weighted by Gasteiger charge is 1.90. The van der Waals surface area contributed by atoms with Gasteiger partial charge in [-0.1, -0.05) is 29.1 Å². The minimum Gasteiger partial charge on any atom is -0.214 e. The number of hydrogen-bond donors (Lipinski definition) is 0. The van der Waals surface area contributed by atoms with Gasteiger partial charge < -0.3 is 0 Å². The van der Waals surface area contributed by atoms with Crippen molar-refractivity contribution in [1.29, 1.82) is 0 Å². The molecule has 0 unspecified atom stereocenters. The van der Waals surface area contributed by atoms with E-state index in [-0.39, 0.29) is 0 Å². The number of nitrogens with zero attached hydrogens (tertiary/aromatic N) is 4. The highest BCUT2D eigenvalue weighted by atomic mass is 15.1. The average molecular weight is 232 g/mol. The van der Waals surface area contributed by atoms with Crippen molar-refractivity contribution in [1.82, 2.24) is 0 Å². The summed E-state index contributed by atoms with van der Waals surface area (Å²) in [5, 5.41) is 3.53. The highest BCUT2D eigenvalue weighted by molar-refractivity contribution is 5.64. The van der Waals surface area contributed by atoms with Crippen LogP contribution in [0.4, 0.5) is 5.69 Å². The summed E-state index contributed by atoms with van der Waals surface area (Å²) in [5.74, 6) is 8.73. The van der Waals surface area contributed by atoms with Crippen molar-refractivity contribution in [3.8, 4) is 11.8 Å². The molecule has 0 aromatic heterocycles. The van der Waals surface area contributed by atoms with E-state index in [1.54, 1.807) is 36.6 Å². The van der Waals surface area contributed by atoms with Gasteiger partial charge in [-0.3, -0.25) is 0 Å². The molecule has 18 heavy (non-hydrogen) atoms. The Morgan fingerprint density at radius 2 is 2.28 bits per heavy atom. The molecule has 0 spiro atoms. The van der Waals surface area contributed by atoms with Crippen LogP contribution in [0, 0.1) is 11.8 Å². The van der Waals surface area contributed by atoms with Gasteiger partial charge in [0.1, 0.15) is 0 Å². The Morgan fingerprint density at radius 3 is 3.17 bits per heavy atom. The molecule has 0 fully saturated rings. The summed E-state index contributed by atoms with van der Waals surface area (Å²) >= 11 is 0. The van der Waals surface area contributed by atoms with Gasteiger partial charge in [-0.2, -0.15) is 0 Å². The van der Waals surface area contributed by atoms with Gasteiger partial charge in [0.2, 0.25) is 0 Å². The molecule has 0 saturated heterocycles. The number of allylic oxidation sites excluding steroid dienone is 4. The molecule has 0 aliphatic carbocycles. The van der Waals surface area contributed by atoms with Gasteiger partial charge in [0, 0.05) is 34.0 Å². The molecule has 2 rings (SSSR count). The number of benzene rings is 1. The lowest BCUT2D eigenvalue weighted by atomic mass is 10.2. The Labute approximate surface area is 104 Å². The number of rotatable bonds is 1. The first-order chi connectivity index (χ1) is 8.88. The normalized spacial score (nSPS) is 11.9. The summed E-state index contributed by atoms with van der Waals surface area (Å²) in [7, 11) is 0. The molecule has 0 bridgehead atoms. The molecule has 0 saturated carbocycles. The van der Waals surface area contributed by atoms with E-state index in [1.807, 2.05) is 12.1 Å². The first kappa shape index (κ1) is 11.5. The van der Waals surface area contributed by atoms with Crippen molar-refractivity contribution in [3.05, 3.63) is 70.3 Å². The third-order valence-corrected chi connectivity index (χ3v) is 2.09. The van der Waals surface area contributed by atoms with E-state index in [2.05, 4.69) is 32.7 Å². The van der Waals surface area contributed by atoms with E-state index in [0.29, 0.717) is 5.69 Å². The fourth-order valence-electron chi connectivity index (χ4n) is 1.31. The maximum absolute atomic E-state index is 8.36. The monoisotopic (exact) mass is 232 g/mol. The standard InChI is InChI=1S/C14H8N4/c15-18-17-14-5-1-3-13(11-14)7-6-12-4-2-9-16-10-8-12/h1-5,8-9,11H. The van der Waals surface area contributed by atoms with Gasteiger partial charge >= 0.3 is 0 Å². The van der Waals surface area contributed by atoms with Gasteiger partial charge in [0.15, 0.2) is 0 Å². The Bertz CT molecular complexity index is 686. The fourth-order valence-corrected chi connectivity index (χ4v) is 1.31. The summed E-state index contributed by atoms with van der Waals surface area (Å²) in [6, 6.07) is 7.11. The molecule has 1 aliphatic heterocycles. The maximum atomic E-state index is 8.36. The molecule has 0 N–H and O–H groups in total. The van der Waals surface area contributed by atoms with Crippen LogP contribution in [-0.4, -0.2) is 5.87 Å². The van der Waals surface area contributed by atoms with Crippen LogP contribution in [0.1, 0.15) is 5.56 Å². The zero-order valence-electron chi connectivity index (χ0n) is 9.41. The molecule has 0 radical (unpaired) electrons. The lowest BCUT2D eigenvalue weighted by molar-refractivity contribution is 1.46. The minimum atomic E-state index is 0.552. The zero-order chi connectivity index (χ0) is 12.6. The second-order valence-electron chi connectivity index (χ2n) is 3.36. The topological polar surface area (TPSA) is 61.1 Å². The Hall–Kier alpha value is -2.98. The molecular weight excluding hydrogens is 224 g/mol. The first-order valence-electron chi connectivity index (χ1n) is 5.21. The molecule has 0 atom stereocenters. The van der Waals surface area contributed by atoms with Crippen molar-refractivity contribution in [2.75, 3.05) is 0 Å². The zero-order valence-corrected chi connectivity index (χ0v) is 9.41. The largest absolute Gasteiger partial charge is 0.214 e. The Kier molecular flexibility index (Phi) is 3.79. The molecule has 1 aliphatic rings. The van der Waals surface area contributed by atoms with Gasteiger partial charge in [0.05, 0.1) is 0 Å². The molecule has 1 aromatic carbocycles. The van der Waals surface area contributed by atoms with Crippen molar-refractivity contribution in [2.45, 2.75) is 0 Å². The smallest absolute Gasteiger partial charge is 0.0387 e. The van der Waals surface area contributed by atoms with Crippen LogP contribution in [0.3, 0.4) is 0 Å². The van der Waals surface area contributed by atoms with Crippen molar-refractivity contribution < 1.29 is 0 Å². The predicted molar refractivity (Wildman–Crippen MR) is 71.4 cm³/mol. The average Bonchev–Trinajstić information content (AvgIpc) is 2.66. The van der Waals surface area contributed by atoms with Crippen LogP contribution >= 0.6 is 0 Å². The van der Waals surface area contributed by atoms with Crippen molar-refractivity contribution >= 4 is 11.6 Å². The SMILES string of the molecule is [N-]=[N+]=Nc1cccc(C#CC2=CC=CN=C=C2)c1. The summed E-state index contributed by atoms with van der Waals surface area (Å²) in [5.41, 5.74) is 10.5. The quantitative estimate of drug-likeness (QED) is 0.307. The molecule has 4 heteroatoms. The molecule has 84 valence electrons. The Balaban J connectivity index is 2.27. The van der Waals surface area contributed by atoms with Crippen LogP contribution in [0.15, 0.2) is 64.4 Å². The highest BCUT2D eigenvalue weighted by Crippen LogP contribution is 2.13. The van der Waals surface area contributed by atoms with Crippen LogP contribution in [0.2, 0.25) is 0 Å². The minimum absolute atomic E-state index is 0.552. The van der Waals surface area contributed by atoms with Gasteiger partial charge in [-0.15, -0.1) is 0 Å². The van der Waals surface area contributed by atoms with E-state index in [9.17, 15) is 0 Å². The third-order valence-electron chi connectivity index (χ3n) is 2.09. The van der Waals surface area contributed by atoms with Gasteiger partial charge in [0.25, 0.3) is 0 Å². The van der Waals surface area contributed by atoms with Crippen LogP contribution < -0.4 is 0 Å². The fraction of sp³-hybridized carbons (Fsp3) is 0. The summed E-state index contributed by atoms with van der Waals surface area (Å²) in [6.07, 6.45) is 7.02. The Morgan fingerprint density at radius 1 is 1.33 bits per heavy atom. The lowest BCUT2D eigenvalue weighted by Gasteiger charge is -1.92. The summed E-state index contributed by atoms with van der Waals surface area (Å²) in [4.78, 5) is 6.59.